The fourth-order valence-corrected chi connectivity index (χ4v) is 3.49. The van der Waals surface area contributed by atoms with Crippen LogP contribution in [0.1, 0.15) is 18.5 Å². The Morgan fingerprint density at radius 3 is 2.50 bits per heavy atom. The zero-order valence-electron chi connectivity index (χ0n) is 16.5. The second-order valence-corrected chi connectivity index (χ2v) is 7.07. The highest BCUT2D eigenvalue weighted by Crippen LogP contribution is 2.25. The number of imidazole rings is 1. The molecule has 0 unspecified atom stereocenters. The summed E-state index contributed by atoms with van der Waals surface area (Å²) in [6, 6.07) is 22.5. The Labute approximate surface area is 174 Å². The van der Waals surface area contributed by atoms with Crippen LogP contribution in [0.5, 0.6) is 0 Å². The molecule has 3 aromatic heterocycles. The molecule has 0 saturated carbocycles. The summed E-state index contributed by atoms with van der Waals surface area (Å²) in [7, 11) is 0. The number of hydrogen-bond acceptors (Lipinski definition) is 5. The van der Waals surface area contributed by atoms with Gasteiger partial charge in [-0.15, -0.1) is 0 Å². The van der Waals surface area contributed by atoms with Crippen LogP contribution >= 0.6 is 0 Å². The van der Waals surface area contributed by atoms with Gasteiger partial charge in [-0.05, 0) is 53.9 Å². The van der Waals surface area contributed by atoms with Gasteiger partial charge in [0.15, 0.2) is 0 Å². The number of nitrogens with zero attached hydrogens (tertiary/aromatic N) is 5. The van der Waals surface area contributed by atoms with E-state index in [1.165, 1.54) is 5.56 Å². The molecule has 0 aliphatic heterocycles. The number of anilines is 1. The lowest BCUT2D eigenvalue weighted by atomic mass is 10.1. The van der Waals surface area contributed by atoms with Crippen molar-refractivity contribution in [2.75, 3.05) is 5.32 Å². The normalized spacial score (nSPS) is 12.0. The Morgan fingerprint density at radius 1 is 0.833 bits per heavy atom. The Balaban J connectivity index is 1.45. The van der Waals surface area contributed by atoms with Crippen molar-refractivity contribution in [3.63, 3.8) is 0 Å². The van der Waals surface area contributed by atoms with Gasteiger partial charge in [-0.1, -0.05) is 36.4 Å². The molecule has 5 rings (SSSR count). The monoisotopic (exact) mass is 392 g/mol. The van der Waals surface area contributed by atoms with E-state index in [-0.39, 0.29) is 6.04 Å². The molecular formula is C24H20N6. The standard InChI is InChI=1S/C24H20N6/c1-17(18-5-3-2-4-6-18)28-24-26-14-11-23(29-24)30-16-27-21-15-20(7-8-22(21)30)19-9-12-25-13-10-19/h2-17H,1H3,(H,26,28,29)/t17-/m0/s1. The van der Waals surface area contributed by atoms with Crippen molar-refractivity contribution in [1.82, 2.24) is 24.5 Å². The van der Waals surface area contributed by atoms with E-state index in [9.17, 15) is 0 Å². The minimum absolute atomic E-state index is 0.101. The summed E-state index contributed by atoms with van der Waals surface area (Å²) < 4.78 is 1.98. The molecule has 3 heterocycles. The third-order valence-electron chi connectivity index (χ3n) is 5.09. The van der Waals surface area contributed by atoms with Gasteiger partial charge in [0.25, 0.3) is 0 Å². The lowest BCUT2D eigenvalue weighted by Gasteiger charge is -2.14. The van der Waals surface area contributed by atoms with Gasteiger partial charge in [-0.2, -0.15) is 4.98 Å². The van der Waals surface area contributed by atoms with Gasteiger partial charge in [-0.25, -0.2) is 9.97 Å². The minimum Gasteiger partial charge on any atom is -0.348 e. The van der Waals surface area contributed by atoms with Crippen LogP contribution in [-0.4, -0.2) is 24.5 Å². The predicted molar refractivity (Wildman–Crippen MR) is 118 cm³/mol. The van der Waals surface area contributed by atoms with Crippen LogP contribution < -0.4 is 5.32 Å². The van der Waals surface area contributed by atoms with E-state index in [0.717, 1.165) is 28.0 Å². The zero-order chi connectivity index (χ0) is 20.3. The van der Waals surface area contributed by atoms with Gasteiger partial charge in [0.1, 0.15) is 12.1 Å². The van der Waals surface area contributed by atoms with E-state index < -0.39 is 0 Å². The highest BCUT2D eigenvalue weighted by atomic mass is 15.2. The largest absolute Gasteiger partial charge is 0.348 e. The van der Waals surface area contributed by atoms with E-state index >= 15 is 0 Å². The average molecular weight is 392 g/mol. The minimum atomic E-state index is 0.101. The van der Waals surface area contributed by atoms with E-state index in [0.29, 0.717) is 5.95 Å². The van der Waals surface area contributed by atoms with Crippen LogP contribution in [0.25, 0.3) is 28.0 Å². The first kappa shape index (κ1) is 18.0. The van der Waals surface area contributed by atoms with Gasteiger partial charge < -0.3 is 5.32 Å². The van der Waals surface area contributed by atoms with Crippen molar-refractivity contribution in [1.29, 1.82) is 0 Å². The highest BCUT2D eigenvalue weighted by molar-refractivity contribution is 5.83. The van der Waals surface area contributed by atoms with Gasteiger partial charge in [0.2, 0.25) is 5.95 Å². The lowest BCUT2D eigenvalue weighted by Crippen LogP contribution is -2.10. The molecule has 0 bridgehead atoms. The number of benzene rings is 2. The van der Waals surface area contributed by atoms with Crippen LogP contribution in [0.15, 0.2) is 91.6 Å². The molecule has 0 aliphatic rings. The number of hydrogen-bond donors (Lipinski definition) is 1. The molecule has 6 heteroatoms. The summed E-state index contributed by atoms with van der Waals surface area (Å²) in [6.07, 6.45) is 7.15. The Bertz CT molecular complexity index is 1280. The van der Waals surface area contributed by atoms with E-state index in [1.54, 1.807) is 24.9 Å². The third kappa shape index (κ3) is 3.51. The van der Waals surface area contributed by atoms with Gasteiger partial charge >= 0.3 is 0 Å². The summed E-state index contributed by atoms with van der Waals surface area (Å²) in [5, 5.41) is 3.38. The summed E-state index contributed by atoms with van der Waals surface area (Å²) in [5.74, 6) is 1.35. The molecule has 2 aromatic carbocycles. The van der Waals surface area contributed by atoms with Gasteiger partial charge in [0.05, 0.1) is 17.1 Å². The van der Waals surface area contributed by atoms with E-state index in [4.69, 9.17) is 4.98 Å². The van der Waals surface area contributed by atoms with Crippen molar-refractivity contribution < 1.29 is 0 Å². The average Bonchev–Trinajstić information content (AvgIpc) is 3.24. The number of pyridine rings is 1. The van der Waals surface area contributed by atoms with Crippen molar-refractivity contribution in [2.24, 2.45) is 0 Å². The van der Waals surface area contributed by atoms with Crippen LogP contribution in [0.2, 0.25) is 0 Å². The first-order valence-electron chi connectivity index (χ1n) is 9.80. The van der Waals surface area contributed by atoms with Crippen LogP contribution in [0, 0.1) is 0 Å². The van der Waals surface area contributed by atoms with Crippen molar-refractivity contribution >= 4 is 17.0 Å². The van der Waals surface area contributed by atoms with Crippen LogP contribution in [-0.2, 0) is 0 Å². The molecule has 146 valence electrons. The number of aromatic nitrogens is 5. The second kappa shape index (κ2) is 7.75. The number of rotatable bonds is 5. The van der Waals surface area contributed by atoms with Gasteiger partial charge in [-0.3, -0.25) is 9.55 Å². The molecule has 5 aromatic rings. The number of fused-ring (bicyclic) bond motifs is 1. The summed E-state index contributed by atoms with van der Waals surface area (Å²) >= 11 is 0. The lowest BCUT2D eigenvalue weighted by molar-refractivity contribution is 0.854. The first-order valence-corrected chi connectivity index (χ1v) is 9.80. The topological polar surface area (TPSA) is 68.5 Å². The van der Waals surface area contributed by atoms with Crippen molar-refractivity contribution in [3.05, 3.63) is 97.2 Å². The molecule has 0 fully saturated rings. The van der Waals surface area contributed by atoms with Gasteiger partial charge in [0, 0.05) is 18.6 Å². The molecule has 0 spiro atoms. The van der Waals surface area contributed by atoms with E-state index in [1.807, 2.05) is 41.0 Å². The molecule has 0 amide bonds. The Kier molecular flexibility index (Phi) is 4.65. The first-order chi connectivity index (χ1) is 14.8. The molecule has 0 aliphatic carbocycles. The summed E-state index contributed by atoms with van der Waals surface area (Å²) in [6.45, 7) is 2.10. The predicted octanol–water partition coefficient (Wildman–Crippen LogP) is 5.05. The highest BCUT2D eigenvalue weighted by Gasteiger charge is 2.11. The van der Waals surface area contributed by atoms with Crippen LogP contribution in [0.4, 0.5) is 5.95 Å². The molecule has 1 N–H and O–H groups in total. The SMILES string of the molecule is C[C@H](Nc1nccc(-n2cnc3cc(-c4ccncc4)ccc32)n1)c1ccccc1. The maximum atomic E-state index is 4.70. The smallest absolute Gasteiger partial charge is 0.225 e. The molecule has 0 radical (unpaired) electrons. The molecular weight excluding hydrogens is 372 g/mol. The maximum Gasteiger partial charge on any atom is 0.225 e. The number of nitrogens with one attached hydrogen (secondary N) is 1. The van der Waals surface area contributed by atoms with E-state index in [2.05, 4.69) is 57.5 Å². The molecule has 6 nitrogen and oxygen atoms in total. The molecule has 1 atom stereocenters. The zero-order valence-corrected chi connectivity index (χ0v) is 16.5. The summed E-state index contributed by atoms with van der Waals surface area (Å²) in [4.78, 5) is 17.8. The van der Waals surface area contributed by atoms with Crippen molar-refractivity contribution in [2.45, 2.75) is 13.0 Å². The Morgan fingerprint density at radius 2 is 1.67 bits per heavy atom. The Hall–Kier alpha value is -4.06. The van der Waals surface area contributed by atoms with Crippen LogP contribution in [0.3, 0.4) is 0 Å². The fraction of sp³-hybridized carbons (Fsp3) is 0.0833. The summed E-state index contributed by atoms with van der Waals surface area (Å²) in [5.41, 5.74) is 5.31. The van der Waals surface area contributed by atoms with Crippen molar-refractivity contribution in [3.8, 4) is 16.9 Å². The second-order valence-electron chi connectivity index (χ2n) is 7.07. The third-order valence-corrected chi connectivity index (χ3v) is 5.09. The quantitative estimate of drug-likeness (QED) is 0.453. The fourth-order valence-electron chi connectivity index (χ4n) is 3.49. The molecule has 0 saturated heterocycles. The molecule has 30 heavy (non-hydrogen) atoms. The maximum absolute atomic E-state index is 4.70.